The fraction of sp³-hybridized carbons (Fsp3) is 1.00. The number of hydrogen-bond donors (Lipinski definition) is 1. The van der Waals surface area contributed by atoms with E-state index in [1.165, 1.54) is 32.2 Å². The zero-order valence-electron chi connectivity index (χ0n) is 10.3. The van der Waals surface area contributed by atoms with E-state index in [1.54, 1.807) is 0 Å². The highest BCUT2D eigenvalue weighted by molar-refractivity contribution is 4.79. The third-order valence-electron chi connectivity index (χ3n) is 3.71. The fourth-order valence-electron chi connectivity index (χ4n) is 2.71. The van der Waals surface area contributed by atoms with E-state index < -0.39 is 0 Å². The summed E-state index contributed by atoms with van der Waals surface area (Å²) in [7, 11) is 0. The second-order valence-electron chi connectivity index (χ2n) is 5.41. The summed E-state index contributed by atoms with van der Waals surface area (Å²) in [5.74, 6) is 2.90. The Labute approximate surface area is 89.7 Å². The lowest BCUT2D eigenvalue weighted by atomic mass is 9.88. The molecule has 0 aromatic rings. The molecule has 1 aliphatic rings. The third kappa shape index (κ3) is 3.61. The second kappa shape index (κ2) is 5.75. The van der Waals surface area contributed by atoms with Crippen LogP contribution in [0.3, 0.4) is 0 Å². The van der Waals surface area contributed by atoms with Crippen molar-refractivity contribution in [1.29, 1.82) is 0 Å². The molecule has 1 nitrogen and oxygen atoms in total. The lowest BCUT2D eigenvalue weighted by Crippen LogP contribution is -2.31. The van der Waals surface area contributed by atoms with Crippen molar-refractivity contribution >= 4 is 0 Å². The molecule has 0 aromatic carbocycles. The maximum Gasteiger partial charge on any atom is 0.00104 e. The van der Waals surface area contributed by atoms with Crippen molar-refractivity contribution in [3.63, 3.8) is 0 Å². The van der Waals surface area contributed by atoms with E-state index in [0.717, 1.165) is 17.8 Å². The Morgan fingerprint density at radius 1 is 1.29 bits per heavy atom. The van der Waals surface area contributed by atoms with E-state index in [2.05, 4.69) is 33.0 Å². The van der Waals surface area contributed by atoms with E-state index >= 15 is 0 Å². The molecule has 0 bridgehead atoms. The van der Waals surface area contributed by atoms with E-state index in [0.29, 0.717) is 6.04 Å². The highest BCUT2D eigenvalue weighted by atomic mass is 14.9. The first kappa shape index (κ1) is 12.0. The van der Waals surface area contributed by atoms with Gasteiger partial charge in [-0.3, -0.25) is 0 Å². The van der Waals surface area contributed by atoms with Crippen LogP contribution < -0.4 is 5.32 Å². The van der Waals surface area contributed by atoms with Crippen LogP contribution in [0.25, 0.3) is 0 Å². The van der Waals surface area contributed by atoms with Crippen LogP contribution in [0.5, 0.6) is 0 Å². The van der Waals surface area contributed by atoms with Gasteiger partial charge in [-0.25, -0.2) is 0 Å². The van der Waals surface area contributed by atoms with Crippen molar-refractivity contribution in [3.05, 3.63) is 0 Å². The van der Waals surface area contributed by atoms with Crippen molar-refractivity contribution in [2.45, 2.75) is 59.4 Å². The van der Waals surface area contributed by atoms with Crippen LogP contribution in [-0.4, -0.2) is 12.6 Å². The van der Waals surface area contributed by atoms with Gasteiger partial charge in [0.2, 0.25) is 0 Å². The summed E-state index contributed by atoms with van der Waals surface area (Å²) in [5.41, 5.74) is 0. The first-order valence-corrected chi connectivity index (χ1v) is 6.36. The summed E-state index contributed by atoms with van der Waals surface area (Å²) in [6, 6.07) is 0.642. The molecule has 0 aliphatic heterocycles. The second-order valence-corrected chi connectivity index (χ2v) is 5.41. The molecule has 1 N–H and O–H groups in total. The summed E-state index contributed by atoms with van der Waals surface area (Å²) in [6.07, 6.45) is 5.75. The molecule has 1 aliphatic carbocycles. The minimum Gasteiger partial charge on any atom is -0.314 e. The smallest absolute Gasteiger partial charge is 0.00104 e. The van der Waals surface area contributed by atoms with Crippen molar-refractivity contribution in [3.8, 4) is 0 Å². The Bertz CT molecular complexity index is 153. The SMILES string of the molecule is CCC(CNC(C)C)C1CCC(C)C1. The largest absolute Gasteiger partial charge is 0.314 e. The maximum atomic E-state index is 3.59. The standard InChI is InChI=1S/C13H27N/c1-5-12(9-14-10(2)3)13-7-6-11(4)8-13/h10-14H,5-9H2,1-4H3. The van der Waals surface area contributed by atoms with Gasteiger partial charge < -0.3 is 5.32 Å². The quantitative estimate of drug-likeness (QED) is 0.712. The molecule has 1 saturated carbocycles. The van der Waals surface area contributed by atoms with Crippen LogP contribution in [0.15, 0.2) is 0 Å². The van der Waals surface area contributed by atoms with Crippen LogP contribution >= 0.6 is 0 Å². The molecule has 3 atom stereocenters. The summed E-state index contributed by atoms with van der Waals surface area (Å²) in [6.45, 7) is 10.5. The van der Waals surface area contributed by atoms with Crippen LogP contribution in [0.1, 0.15) is 53.4 Å². The van der Waals surface area contributed by atoms with E-state index in [4.69, 9.17) is 0 Å². The van der Waals surface area contributed by atoms with Gasteiger partial charge in [0.1, 0.15) is 0 Å². The van der Waals surface area contributed by atoms with Crippen LogP contribution in [0, 0.1) is 17.8 Å². The molecule has 84 valence electrons. The van der Waals surface area contributed by atoms with Crippen molar-refractivity contribution in [2.24, 2.45) is 17.8 Å². The lowest BCUT2D eigenvalue weighted by Gasteiger charge is -2.23. The predicted octanol–water partition coefficient (Wildman–Crippen LogP) is 3.45. The van der Waals surface area contributed by atoms with Gasteiger partial charge >= 0.3 is 0 Å². The summed E-state index contributed by atoms with van der Waals surface area (Å²) in [5, 5.41) is 3.59. The molecule has 3 unspecified atom stereocenters. The molecule has 0 radical (unpaired) electrons. The molecule has 1 fully saturated rings. The summed E-state index contributed by atoms with van der Waals surface area (Å²) >= 11 is 0. The monoisotopic (exact) mass is 197 g/mol. The maximum absolute atomic E-state index is 3.59. The molecule has 0 spiro atoms. The van der Waals surface area contributed by atoms with Gasteiger partial charge in [0, 0.05) is 6.04 Å². The highest BCUT2D eigenvalue weighted by Crippen LogP contribution is 2.36. The van der Waals surface area contributed by atoms with Gasteiger partial charge in [-0.15, -0.1) is 0 Å². The summed E-state index contributed by atoms with van der Waals surface area (Å²) in [4.78, 5) is 0. The minimum atomic E-state index is 0.642. The van der Waals surface area contributed by atoms with Crippen LogP contribution in [-0.2, 0) is 0 Å². The molecule has 0 aromatic heterocycles. The third-order valence-corrected chi connectivity index (χ3v) is 3.71. The molecule has 0 saturated heterocycles. The molecular weight excluding hydrogens is 170 g/mol. The van der Waals surface area contributed by atoms with E-state index in [1.807, 2.05) is 0 Å². The van der Waals surface area contributed by atoms with Gasteiger partial charge in [-0.2, -0.15) is 0 Å². The first-order valence-electron chi connectivity index (χ1n) is 6.36. The Morgan fingerprint density at radius 3 is 2.43 bits per heavy atom. The first-order chi connectivity index (χ1) is 6.63. The number of hydrogen-bond acceptors (Lipinski definition) is 1. The average Bonchev–Trinajstić information content (AvgIpc) is 2.53. The zero-order chi connectivity index (χ0) is 10.6. The molecule has 14 heavy (non-hydrogen) atoms. The minimum absolute atomic E-state index is 0.642. The van der Waals surface area contributed by atoms with E-state index in [9.17, 15) is 0 Å². The summed E-state index contributed by atoms with van der Waals surface area (Å²) < 4.78 is 0. The topological polar surface area (TPSA) is 12.0 Å². The lowest BCUT2D eigenvalue weighted by molar-refractivity contribution is 0.300. The normalized spacial score (nSPS) is 29.8. The van der Waals surface area contributed by atoms with Gasteiger partial charge in [0.25, 0.3) is 0 Å². The van der Waals surface area contributed by atoms with Crippen molar-refractivity contribution in [2.75, 3.05) is 6.54 Å². The zero-order valence-corrected chi connectivity index (χ0v) is 10.3. The molecule has 0 heterocycles. The fourth-order valence-corrected chi connectivity index (χ4v) is 2.71. The molecule has 1 rings (SSSR count). The number of rotatable bonds is 5. The Morgan fingerprint density at radius 2 is 2.00 bits per heavy atom. The Hall–Kier alpha value is -0.0400. The molecular formula is C13H27N. The Kier molecular flexibility index (Phi) is 4.94. The van der Waals surface area contributed by atoms with Gasteiger partial charge in [0.05, 0.1) is 0 Å². The van der Waals surface area contributed by atoms with Crippen molar-refractivity contribution < 1.29 is 0 Å². The molecule has 1 heteroatoms. The van der Waals surface area contributed by atoms with Gasteiger partial charge in [-0.05, 0) is 37.1 Å². The van der Waals surface area contributed by atoms with E-state index in [-0.39, 0.29) is 0 Å². The number of nitrogens with one attached hydrogen (secondary N) is 1. The predicted molar refractivity (Wildman–Crippen MR) is 63.4 cm³/mol. The highest BCUT2D eigenvalue weighted by Gasteiger charge is 2.27. The average molecular weight is 197 g/mol. The molecule has 0 amide bonds. The van der Waals surface area contributed by atoms with Crippen LogP contribution in [0.4, 0.5) is 0 Å². The van der Waals surface area contributed by atoms with Crippen LogP contribution in [0.2, 0.25) is 0 Å². The van der Waals surface area contributed by atoms with Crippen molar-refractivity contribution in [1.82, 2.24) is 5.32 Å². The Balaban J connectivity index is 2.30. The van der Waals surface area contributed by atoms with Gasteiger partial charge in [-0.1, -0.05) is 40.5 Å². The van der Waals surface area contributed by atoms with Gasteiger partial charge in [0.15, 0.2) is 0 Å².